The van der Waals surface area contributed by atoms with Gasteiger partial charge >= 0.3 is 5.97 Å². The number of carboxylic acids is 1. The Morgan fingerprint density at radius 2 is 1.77 bits per heavy atom. The molecule has 22 heavy (non-hydrogen) atoms. The van der Waals surface area contributed by atoms with Crippen molar-refractivity contribution in [2.24, 2.45) is 5.92 Å². The first-order valence-corrected chi connectivity index (χ1v) is 9.99. The fourth-order valence-corrected chi connectivity index (χ4v) is 5.60. The van der Waals surface area contributed by atoms with Gasteiger partial charge in [-0.15, -0.1) is 0 Å². The Kier molecular flexibility index (Phi) is 4.59. The number of benzene rings is 1. The molecule has 0 radical (unpaired) electrons. The monoisotopic (exact) mass is 347 g/mol. The number of sulfone groups is 1. The molecule has 1 heterocycles. The van der Waals surface area contributed by atoms with Gasteiger partial charge in [0.2, 0.25) is 10.0 Å². The summed E-state index contributed by atoms with van der Waals surface area (Å²) in [4.78, 5) is 10.5. The first-order chi connectivity index (χ1) is 10.1. The first kappa shape index (κ1) is 16.9. The maximum atomic E-state index is 12.7. The molecule has 1 aliphatic heterocycles. The van der Waals surface area contributed by atoms with Crippen molar-refractivity contribution in [1.82, 2.24) is 4.31 Å². The van der Waals surface area contributed by atoms with Crippen molar-refractivity contribution in [3.8, 4) is 0 Å². The molecule has 122 valence electrons. The number of rotatable bonds is 4. The summed E-state index contributed by atoms with van der Waals surface area (Å²) in [6.45, 7) is 0.0416. The molecule has 2 rings (SSSR count). The number of carboxylic acid groups (broad SMARTS) is 1. The molecule has 0 amide bonds. The Labute approximate surface area is 129 Å². The Morgan fingerprint density at radius 3 is 2.32 bits per heavy atom. The van der Waals surface area contributed by atoms with Gasteiger partial charge in [-0.25, -0.2) is 16.8 Å². The van der Waals surface area contributed by atoms with E-state index in [1.165, 1.54) is 24.3 Å². The quantitative estimate of drug-likeness (QED) is 0.853. The van der Waals surface area contributed by atoms with Gasteiger partial charge in [0.05, 0.1) is 10.8 Å². The lowest BCUT2D eigenvalue weighted by Crippen LogP contribution is -2.42. The van der Waals surface area contributed by atoms with E-state index in [1.807, 2.05) is 0 Å². The molecule has 1 aromatic rings. The van der Waals surface area contributed by atoms with Crippen LogP contribution in [-0.2, 0) is 24.7 Å². The van der Waals surface area contributed by atoms with Gasteiger partial charge in [0.1, 0.15) is 4.90 Å². The van der Waals surface area contributed by atoms with Crippen LogP contribution in [0.1, 0.15) is 12.8 Å². The average Bonchev–Trinajstić information content (AvgIpc) is 2.46. The second-order valence-corrected chi connectivity index (χ2v) is 9.15. The number of hydrogen-bond donors (Lipinski definition) is 1. The zero-order valence-electron chi connectivity index (χ0n) is 12.0. The summed E-state index contributed by atoms with van der Waals surface area (Å²) >= 11 is 0. The molecule has 0 saturated carbocycles. The van der Waals surface area contributed by atoms with Gasteiger partial charge in [-0.1, -0.05) is 12.1 Å². The zero-order valence-corrected chi connectivity index (χ0v) is 13.6. The summed E-state index contributed by atoms with van der Waals surface area (Å²) in [6.07, 6.45) is 1.78. The van der Waals surface area contributed by atoms with Crippen LogP contribution < -0.4 is 0 Å². The lowest BCUT2D eigenvalue weighted by molar-refractivity contribution is -0.142. The van der Waals surface area contributed by atoms with E-state index in [9.17, 15) is 21.6 Å². The van der Waals surface area contributed by atoms with Crippen LogP contribution in [0.25, 0.3) is 0 Å². The first-order valence-electron chi connectivity index (χ1n) is 6.66. The molecule has 0 aliphatic carbocycles. The maximum Gasteiger partial charge on any atom is 0.307 e. The van der Waals surface area contributed by atoms with Crippen LogP contribution in [-0.4, -0.2) is 51.6 Å². The van der Waals surface area contributed by atoms with Gasteiger partial charge < -0.3 is 5.11 Å². The Bertz CT molecular complexity index is 785. The van der Waals surface area contributed by atoms with E-state index >= 15 is 0 Å². The van der Waals surface area contributed by atoms with Crippen molar-refractivity contribution in [3.05, 3.63) is 24.3 Å². The third kappa shape index (κ3) is 3.31. The molecule has 1 atom stereocenters. The van der Waals surface area contributed by atoms with E-state index in [1.54, 1.807) is 0 Å². The maximum absolute atomic E-state index is 12.7. The standard InChI is InChI=1S/C13H17NO6S2/c1-21(17,18)11-6-2-3-7-12(11)22(19,20)14-8-4-5-10(9-14)13(15)16/h2-3,6-7,10H,4-5,8-9H2,1H3,(H,15,16). The molecule has 0 bridgehead atoms. The van der Waals surface area contributed by atoms with Gasteiger partial charge in [-0.3, -0.25) is 4.79 Å². The molecule has 0 aromatic heterocycles. The second kappa shape index (κ2) is 5.98. The summed E-state index contributed by atoms with van der Waals surface area (Å²) in [7, 11) is -7.76. The van der Waals surface area contributed by atoms with Crippen molar-refractivity contribution in [1.29, 1.82) is 0 Å². The van der Waals surface area contributed by atoms with Gasteiger partial charge in [0.25, 0.3) is 0 Å². The molecule has 1 N–H and O–H groups in total. The highest BCUT2D eigenvalue weighted by molar-refractivity contribution is 7.93. The predicted octanol–water partition coefficient (Wildman–Crippen LogP) is 0.575. The summed E-state index contributed by atoms with van der Waals surface area (Å²) in [5.74, 6) is -1.81. The molecular formula is C13H17NO6S2. The highest BCUT2D eigenvalue weighted by atomic mass is 32.2. The highest BCUT2D eigenvalue weighted by Crippen LogP contribution is 2.28. The SMILES string of the molecule is CS(=O)(=O)c1ccccc1S(=O)(=O)N1CCCC(C(=O)O)C1. The number of aliphatic carboxylic acids is 1. The lowest BCUT2D eigenvalue weighted by atomic mass is 10.0. The molecule has 1 unspecified atom stereocenters. The fraction of sp³-hybridized carbons (Fsp3) is 0.462. The Morgan fingerprint density at radius 1 is 1.18 bits per heavy atom. The van der Waals surface area contributed by atoms with Crippen LogP contribution in [0.5, 0.6) is 0 Å². The van der Waals surface area contributed by atoms with Gasteiger partial charge in [-0.2, -0.15) is 4.31 Å². The van der Waals surface area contributed by atoms with Gasteiger partial charge in [-0.05, 0) is 25.0 Å². The molecule has 1 fully saturated rings. The molecule has 1 saturated heterocycles. The molecule has 1 aliphatic rings. The predicted molar refractivity (Wildman–Crippen MR) is 78.7 cm³/mol. The number of piperidine rings is 1. The van der Waals surface area contributed by atoms with E-state index in [0.29, 0.717) is 12.8 Å². The molecular weight excluding hydrogens is 330 g/mol. The molecule has 9 heteroatoms. The van der Waals surface area contributed by atoms with Crippen LogP contribution in [0.4, 0.5) is 0 Å². The van der Waals surface area contributed by atoms with Gasteiger partial charge in [0.15, 0.2) is 9.84 Å². The van der Waals surface area contributed by atoms with E-state index < -0.39 is 31.7 Å². The average molecular weight is 347 g/mol. The summed E-state index contributed by atoms with van der Waals surface area (Å²) in [5, 5.41) is 9.06. The Balaban J connectivity index is 2.46. The van der Waals surface area contributed by atoms with Gasteiger partial charge in [0, 0.05) is 19.3 Å². The number of nitrogens with zero attached hydrogens (tertiary/aromatic N) is 1. The van der Waals surface area contributed by atoms with E-state index in [0.717, 1.165) is 10.6 Å². The van der Waals surface area contributed by atoms with Crippen LogP contribution in [0.3, 0.4) is 0 Å². The van der Waals surface area contributed by atoms with Crippen molar-refractivity contribution in [3.63, 3.8) is 0 Å². The number of carbonyl (C=O) groups is 1. The summed E-state index contributed by atoms with van der Waals surface area (Å²) in [5.41, 5.74) is 0. The highest BCUT2D eigenvalue weighted by Gasteiger charge is 2.35. The third-order valence-electron chi connectivity index (χ3n) is 3.60. The number of sulfonamides is 1. The van der Waals surface area contributed by atoms with Crippen molar-refractivity contribution < 1.29 is 26.7 Å². The van der Waals surface area contributed by atoms with Crippen molar-refractivity contribution in [2.45, 2.75) is 22.6 Å². The minimum Gasteiger partial charge on any atom is -0.481 e. The number of hydrogen-bond acceptors (Lipinski definition) is 5. The van der Waals surface area contributed by atoms with Crippen molar-refractivity contribution in [2.75, 3.05) is 19.3 Å². The minimum absolute atomic E-state index is 0.143. The lowest BCUT2D eigenvalue weighted by Gasteiger charge is -2.30. The van der Waals surface area contributed by atoms with Crippen LogP contribution >= 0.6 is 0 Å². The van der Waals surface area contributed by atoms with E-state index in [4.69, 9.17) is 5.11 Å². The van der Waals surface area contributed by atoms with Crippen LogP contribution in [0.2, 0.25) is 0 Å². The zero-order chi connectivity index (χ0) is 16.5. The van der Waals surface area contributed by atoms with E-state index in [2.05, 4.69) is 0 Å². The van der Waals surface area contributed by atoms with Crippen LogP contribution in [0, 0.1) is 5.92 Å². The second-order valence-electron chi connectivity index (χ2n) is 5.26. The molecule has 1 aromatic carbocycles. The largest absolute Gasteiger partial charge is 0.481 e. The fourth-order valence-electron chi connectivity index (χ4n) is 2.47. The smallest absolute Gasteiger partial charge is 0.307 e. The molecule has 7 nitrogen and oxygen atoms in total. The van der Waals surface area contributed by atoms with E-state index in [-0.39, 0.29) is 22.9 Å². The van der Waals surface area contributed by atoms with Crippen molar-refractivity contribution >= 4 is 25.8 Å². The third-order valence-corrected chi connectivity index (χ3v) is 6.81. The topological polar surface area (TPSA) is 109 Å². The Hall–Kier alpha value is -1.45. The summed E-state index contributed by atoms with van der Waals surface area (Å²) in [6, 6.07) is 5.36. The molecule has 0 spiro atoms. The normalized spacial score (nSPS) is 20.7. The summed E-state index contributed by atoms with van der Waals surface area (Å²) < 4.78 is 50.0. The minimum atomic E-state index is -4.05. The van der Waals surface area contributed by atoms with Crippen LogP contribution in [0.15, 0.2) is 34.1 Å².